The summed E-state index contributed by atoms with van der Waals surface area (Å²) < 4.78 is 0. The van der Waals surface area contributed by atoms with Gasteiger partial charge in [-0.2, -0.15) is 0 Å². The van der Waals surface area contributed by atoms with Gasteiger partial charge in [-0.1, -0.05) is 188 Å². The minimum absolute atomic E-state index is 0.414. The zero-order valence-electron chi connectivity index (χ0n) is 30.0. The van der Waals surface area contributed by atoms with Crippen molar-refractivity contribution in [3.63, 3.8) is 0 Å². The molecule has 0 heteroatoms. The summed E-state index contributed by atoms with van der Waals surface area (Å²) in [6.07, 6.45) is 0. The highest BCUT2D eigenvalue weighted by Crippen LogP contribution is 2.65. The zero-order chi connectivity index (χ0) is 35.8. The largest absolute Gasteiger partial charge is 0.0737 e. The van der Waals surface area contributed by atoms with Crippen LogP contribution in [-0.2, 0) is 5.41 Å². The SMILES string of the molecule is c1ccc2c(c1)-c1cccc3c(-c4ccc(-c5ccc6c7c(ccc6c5)-c5ccc6ccccc6c5C75c6ccccc6-c6ccccc65)cc4)ccc-2c13. The van der Waals surface area contributed by atoms with Gasteiger partial charge in [0.05, 0.1) is 5.41 Å². The first-order valence-electron chi connectivity index (χ1n) is 19.3. The highest BCUT2D eigenvalue weighted by atomic mass is 14.5. The van der Waals surface area contributed by atoms with Crippen LogP contribution in [0.25, 0.3) is 99.1 Å². The maximum Gasteiger partial charge on any atom is 0.0737 e. The first-order chi connectivity index (χ1) is 27.3. The van der Waals surface area contributed by atoms with E-state index in [1.54, 1.807) is 0 Å². The highest BCUT2D eigenvalue weighted by Gasteiger charge is 2.53. The summed E-state index contributed by atoms with van der Waals surface area (Å²) in [6.45, 7) is 0. The minimum atomic E-state index is -0.414. The fourth-order valence-corrected chi connectivity index (χ4v) is 10.8. The van der Waals surface area contributed by atoms with Gasteiger partial charge >= 0.3 is 0 Å². The maximum absolute atomic E-state index is 2.41. The molecular weight excluding hydrogens is 661 g/mol. The molecule has 0 radical (unpaired) electrons. The summed E-state index contributed by atoms with van der Waals surface area (Å²) in [5.41, 5.74) is 20.9. The monoisotopic (exact) mass is 692 g/mol. The Morgan fingerprint density at radius 1 is 0.255 bits per heavy atom. The van der Waals surface area contributed by atoms with Crippen LogP contribution in [0, 0.1) is 0 Å². The van der Waals surface area contributed by atoms with Crippen molar-refractivity contribution < 1.29 is 0 Å². The van der Waals surface area contributed by atoms with Gasteiger partial charge in [0.15, 0.2) is 0 Å². The minimum Gasteiger partial charge on any atom is -0.0619 e. The molecule has 0 saturated heterocycles. The third-order valence-corrected chi connectivity index (χ3v) is 13.0. The van der Waals surface area contributed by atoms with E-state index >= 15 is 0 Å². The van der Waals surface area contributed by atoms with Crippen molar-refractivity contribution in [1.29, 1.82) is 0 Å². The summed E-state index contributed by atoms with van der Waals surface area (Å²) in [7, 11) is 0. The lowest BCUT2D eigenvalue weighted by atomic mass is 9.68. The van der Waals surface area contributed by atoms with Crippen molar-refractivity contribution in [3.8, 4) is 66.8 Å². The molecule has 55 heavy (non-hydrogen) atoms. The van der Waals surface area contributed by atoms with Gasteiger partial charge in [-0.3, -0.25) is 0 Å². The lowest BCUT2D eigenvalue weighted by Crippen LogP contribution is -2.26. The second-order valence-corrected chi connectivity index (χ2v) is 15.5. The fraction of sp³-hybridized carbons (Fsp3) is 0.0182. The Balaban J connectivity index is 0.981. The van der Waals surface area contributed by atoms with E-state index < -0.39 is 5.41 Å². The Kier molecular flexibility index (Phi) is 5.65. The van der Waals surface area contributed by atoms with Crippen LogP contribution < -0.4 is 0 Å². The predicted molar refractivity (Wildman–Crippen MR) is 231 cm³/mol. The Morgan fingerprint density at radius 3 is 1.47 bits per heavy atom. The van der Waals surface area contributed by atoms with Crippen LogP contribution in [0.4, 0.5) is 0 Å². The first-order valence-corrected chi connectivity index (χ1v) is 19.3. The Bertz CT molecular complexity index is 3230. The molecule has 0 aromatic heterocycles. The standard InChI is InChI=1S/C55H32/c1-2-11-39-34(10-1)24-28-48-49-29-26-37-32-36(25-27-40(37)54(49)55(53(39)48)50-18-7-5-14-43(50)44-15-6-8-19-51(44)55)33-20-22-35(23-21-33)38-30-31-47-42-13-4-3-12-41(42)46-17-9-16-45(38)52(46)47/h1-32H. The second-order valence-electron chi connectivity index (χ2n) is 15.5. The Hall–Kier alpha value is -7.02. The molecule has 0 fully saturated rings. The average molecular weight is 693 g/mol. The lowest BCUT2D eigenvalue weighted by molar-refractivity contribution is 0.809. The van der Waals surface area contributed by atoms with Crippen molar-refractivity contribution in [1.82, 2.24) is 0 Å². The fourth-order valence-electron chi connectivity index (χ4n) is 10.8. The summed E-state index contributed by atoms with van der Waals surface area (Å²) in [5.74, 6) is 0. The van der Waals surface area contributed by atoms with E-state index in [2.05, 4.69) is 194 Å². The molecule has 13 rings (SSSR count). The number of rotatable bonds is 2. The van der Waals surface area contributed by atoms with E-state index in [9.17, 15) is 0 Å². The van der Waals surface area contributed by atoms with Gasteiger partial charge in [-0.15, -0.1) is 0 Å². The molecule has 0 N–H and O–H groups in total. The quantitative estimate of drug-likeness (QED) is 0.169. The van der Waals surface area contributed by atoms with E-state index in [0.717, 1.165) is 0 Å². The van der Waals surface area contributed by atoms with Crippen molar-refractivity contribution in [2.45, 2.75) is 5.41 Å². The summed E-state index contributed by atoms with van der Waals surface area (Å²) in [6, 6.07) is 73.2. The Morgan fingerprint density at radius 2 is 0.745 bits per heavy atom. The number of hydrogen-bond acceptors (Lipinski definition) is 0. The summed E-state index contributed by atoms with van der Waals surface area (Å²) in [4.78, 5) is 0. The third-order valence-electron chi connectivity index (χ3n) is 13.0. The molecule has 3 aliphatic carbocycles. The van der Waals surface area contributed by atoms with Gasteiger partial charge in [0.1, 0.15) is 0 Å². The second kappa shape index (κ2) is 10.6. The molecule has 252 valence electrons. The highest BCUT2D eigenvalue weighted by molar-refractivity contribution is 6.18. The number of hydrogen-bond donors (Lipinski definition) is 0. The molecule has 0 atom stereocenters. The Labute approximate surface area is 319 Å². The molecule has 0 heterocycles. The van der Waals surface area contributed by atoms with E-state index in [1.807, 2.05) is 0 Å². The zero-order valence-corrected chi connectivity index (χ0v) is 30.0. The third kappa shape index (κ3) is 3.67. The topological polar surface area (TPSA) is 0 Å². The van der Waals surface area contributed by atoms with Crippen molar-refractivity contribution >= 4 is 32.3 Å². The molecule has 10 aromatic carbocycles. The molecule has 0 amide bonds. The van der Waals surface area contributed by atoms with Gasteiger partial charge in [-0.05, 0) is 127 Å². The van der Waals surface area contributed by atoms with Gasteiger partial charge in [0, 0.05) is 0 Å². The molecule has 1 spiro atoms. The smallest absolute Gasteiger partial charge is 0.0619 e. The number of fused-ring (bicyclic) bond motifs is 17. The van der Waals surface area contributed by atoms with Gasteiger partial charge in [0.25, 0.3) is 0 Å². The van der Waals surface area contributed by atoms with Gasteiger partial charge in [0.2, 0.25) is 0 Å². The molecule has 0 nitrogen and oxygen atoms in total. The summed E-state index contributed by atoms with van der Waals surface area (Å²) in [5, 5.41) is 7.89. The molecular formula is C55H32. The molecule has 0 aliphatic heterocycles. The van der Waals surface area contributed by atoms with Crippen LogP contribution in [0.3, 0.4) is 0 Å². The summed E-state index contributed by atoms with van der Waals surface area (Å²) >= 11 is 0. The van der Waals surface area contributed by atoms with E-state index in [4.69, 9.17) is 0 Å². The molecule has 10 aromatic rings. The van der Waals surface area contributed by atoms with Crippen LogP contribution in [0.1, 0.15) is 22.3 Å². The average Bonchev–Trinajstić information content (AvgIpc) is 3.86. The van der Waals surface area contributed by atoms with Crippen LogP contribution in [-0.4, -0.2) is 0 Å². The lowest BCUT2D eigenvalue weighted by Gasteiger charge is -2.32. The molecule has 3 aliphatic rings. The maximum atomic E-state index is 2.41. The number of benzene rings is 10. The van der Waals surface area contributed by atoms with E-state index in [-0.39, 0.29) is 0 Å². The first kappa shape index (κ1) is 29.4. The molecule has 0 unspecified atom stereocenters. The van der Waals surface area contributed by atoms with Crippen molar-refractivity contribution in [2.75, 3.05) is 0 Å². The van der Waals surface area contributed by atoms with Crippen LogP contribution >= 0.6 is 0 Å². The van der Waals surface area contributed by atoms with Crippen molar-refractivity contribution in [3.05, 3.63) is 216 Å². The van der Waals surface area contributed by atoms with Crippen LogP contribution in [0.15, 0.2) is 194 Å². The predicted octanol–water partition coefficient (Wildman–Crippen LogP) is 14.5. The van der Waals surface area contributed by atoms with E-state index in [0.29, 0.717) is 0 Å². The van der Waals surface area contributed by atoms with Gasteiger partial charge < -0.3 is 0 Å². The van der Waals surface area contributed by atoms with Crippen LogP contribution in [0.5, 0.6) is 0 Å². The van der Waals surface area contributed by atoms with E-state index in [1.165, 1.54) is 121 Å². The normalized spacial score (nSPS) is 13.6. The van der Waals surface area contributed by atoms with Gasteiger partial charge in [-0.25, -0.2) is 0 Å². The molecule has 0 saturated carbocycles. The van der Waals surface area contributed by atoms with Crippen molar-refractivity contribution in [2.24, 2.45) is 0 Å². The molecule has 0 bridgehead atoms. The van der Waals surface area contributed by atoms with Crippen LogP contribution in [0.2, 0.25) is 0 Å².